The van der Waals surface area contributed by atoms with E-state index in [-0.39, 0.29) is 31.1 Å². The van der Waals surface area contributed by atoms with Gasteiger partial charge in [0.05, 0.1) is 0 Å². The lowest BCUT2D eigenvalue weighted by Crippen LogP contribution is -2.30. The number of esters is 3. The van der Waals surface area contributed by atoms with Gasteiger partial charge in [-0.2, -0.15) is 0 Å². The molecule has 0 spiro atoms. The zero-order valence-electron chi connectivity index (χ0n) is 36.8. The van der Waals surface area contributed by atoms with Crippen LogP contribution in [0.5, 0.6) is 0 Å². The Morgan fingerprint density at radius 1 is 0.352 bits per heavy atom. The van der Waals surface area contributed by atoms with E-state index in [1.165, 1.54) is 148 Å². The van der Waals surface area contributed by atoms with E-state index in [1.54, 1.807) is 0 Å². The molecule has 0 unspecified atom stereocenters. The highest BCUT2D eigenvalue weighted by Gasteiger charge is 2.19. The van der Waals surface area contributed by atoms with Crippen LogP contribution >= 0.6 is 0 Å². The molecule has 0 amide bonds. The van der Waals surface area contributed by atoms with E-state index in [4.69, 9.17) is 14.2 Å². The van der Waals surface area contributed by atoms with Crippen LogP contribution < -0.4 is 0 Å². The summed E-state index contributed by atoms with van der Waals surface area (Å²) in [5, 5.41) is 0. The van der Waals surface area contributed by atoms with Gasteiger partial charge in [0.1, 0.15) is 13.2 Å². The van der Waals surface area contributed by atoms with Gasteiger partial charge in [-0.05, 0) is 31.1 Å². The van der Waals surface area contributed by atoms with Gasteiger partial charge < -0.3 is 14.2 Å². The van der Waals surface area contributed by atoms with Crippen LogP contribution in [0.15, 0.2) is 0 Å². The summed E-state index contributed by atoms with van der Waals surface area (Å²) in [5.74, 6) is 0.699. The van der Waals surface area contributed by atoms with Crippen molar-refractivity contribution >= 4 is 17.9 Å². The number of rotatable bonds is 42. The maximum atomic E-state index is 12.7. The SMILES string of the molecule is CCCCCCCCCCCCCCCCCCC(=O)O[C@@H](COC(=O)CCCCCCCCCCC(C)C)COC(=O)CCCCCCCCC(C)C. The maximum absolute atomic E-state index is 12.7. The Morgan fingerprint density at radius 3 is 0.907 bits per heavy atom. The van der Waals surface area contributed by atoms with Gasteiger partial charge in [0.2, 0.25) is 0 Å². The molecule has 0 radical (unpaired) electrons. The Kier molecular flexibility index (Phi) is 39.8. The standard InChI is InChI=1S/C48H92O6/c1-6-7-8-9-10-11-12-13-14-15-16-17-18-23-30-35-40-48(51)54-45(42-53-47(50)39-34-29-25-24-27-32-37-44(4)5)41-52-46(49)38-33-28-22-20-19-21-26-31-36-43(2)3/h43-45H,6-42H2,1-5H3/t45-/m0/s1. The minimum Gasteiger partial charge on any atom is -0.462 e. The fourth-order valence-electron chi connectivity index (χ4n) is 7.11. The van der Waals surface area contributed by atoms with E-state index in [1.807, 2.05) is 0 Å². The van der Waals surface area contributed by atoms with Gasteiger partial charge in [-0.15, -0.1) is 0 Å². The molecule has 0 aliphatic heterocycles. The molecule has 0 aromatic heterocycles. The average Bonchev–Trinajstić information content (AvgIpc) is 3.14. The first-order valence-corrected chi connectivity index (χ1v) is 23.7. The monoisotopic (exact) mass is 765 g/mol. The number of ether oxygens (including phenoxy) is 3. The zero-order chi connectivity index (χ0) is 39.7. The molecular weight excluding hydrogens is 673 g/mol. The summed E-state index contributed by atoms with van der Waals surface area (Å²) in [6, 6.07) is 0. The minimum atomic E-state index is -0.761. The third kappa shape index (κ3) is 41.6. The minimum absolute atomic E-state index is 0.0659. The molecule has 0 aromatic rings. The molecule has 6 nitrogen and oxygen atoms in total. The molecular formula is C48H92O6. The van der Waals surface area contributed by atoms with Crippen LogP contribution in [0.1, 0.15) is 259 Å². The molecule has 0 bridgehead atoms. The first-order valence-electron chi connectivity index (χ1n) is 23.7. The molecule has 0 fully saturated rings. The van der Waals surface area contributed by atoms with Crippen LogP contribution in [-0.2, 0) is 28.6 Å². The maximum Gasteiger partial charge on any atom is 0.306 e. The van der Waals surface area contributed by atoms with Crippen molar-refractivity contribution < 1.29 is 28.6 Å². The number of hydrogen-bond acceptors (Lipinski definition) is 6. The second-order valence-corrected chi connectivity index (χ2v) is 17.3. The van der Waals surface area contributed by atoms with Crippen molar-refractivity contribution in [3.8, 4) is 0 Å². The second kappa shape index (κ2) is 41.1. The zero-order valence-corrected chi connectivity index (χ0v) is 36.8. The van der Waals surface area contributed by atoms with Gasteiger partial charge in [-0.25, -0.2) is 0 Å². The molecule has 6 heteroatoms. The topological polar surface area (TPSA) is 78.9 Å². The molecule has 0 aliphatic carbocycles. The average molecular weight is 765 g/mol. The Hall–Kier alpha value is -1.59. The van der Waals surface area contributed by atoms with Crippen LogP contribution in [0.3, 0.4) is 0 Å². The van der Waals surface area contributed by atoms with Crippen molar-refractivity contribution in [2.75, 3.05) is 13.2 Å². The van der Waals surface area contributed by atoms with Crippen LogP contribution in [-0.4, -0.2) is 37.2 Å². The smallest absolute Gasteiger partial charge is 0.306 e. The van der Waals surface area contributed by atoms with Crippen molar-refractivity contribution in [3.05, 3.63) is 0 Å². The van der Waals surface area contributed by atoms with E-state index in [0.29, 0.717) is 19.3 Å². The lowest BCUT2D eigenvalue weighted by Gasteiger charge is -2.18. The van der Waals surface area contributed by atoms with Gasteiger partial charge in [0.15, 0.2) is 6.10 Å². The summed E-state index contributed by atoms with van der Waals surface area (Å²) in [4.78, 5) is 37.7. The van der Waals surface area contributed by atoms with Crippen molar-refractivity contribution in [2.45, 2.75) is 265 Å². The summed E-state index contributed by atoms with van der Waals surface area (Å²) in [6.45, 7) is 11.2. The van der Waals surface area contributed by atoms with Crippen molar-refractivity contribution in [1.29, 1.82) is 0 Å². The molecule has 320 valence electrons. The third-order valence-electron chi connectivity index (χ3n) is 10.7. The van der Waals surface area contributed by atoms with Crippen molar-refractivity contribution in [1.82, 2.24) is 0 Å². The molecule has 0 rings (SSSR count). The Labute approximate surface area is 336 Å². The van der Waals surface area contributed by atoms with Crippen LogP contribution in [0.4, 0.5) is 0 Å². The van der Waals surface area contributed by atoms with Crippen LogP contribution in [0.25, 0.3) is 0 Å². The van der Waals surface area contributed by atoms with Crippen LogP contribution in [0, 0.1) is 11.8 Å². The largest absolute Gasteiger partial charge is 0.462 e. The molecule has 0 saturated carbocycles. The predicted molar refractivity (Wildman–Crippen MR) is 229 cm³/mol. The summed E-state index contributed by atoms with van der Waals surface area (Å²) >= 11 is 0. The number of carbonyl (C=O) groups is 3. The Balaban J connectivity index is 4.29. The van der Waals surface area contributed by atoms with Crippen molar-refractivity contribution in [3.63, 3.8) is 0 Å². The first-order chi connectivity index (χ1) is 26.2. The van der Waals surface area contributed by atoms with Gasteiger partial charge in [0.25, 0.3) is 0 Å². The number of hydrogen-bond donors (Lipinski definition) is 0. The van der Waals surface area contributed by atoms with Crippen LogP contribution in [0.2, 0.25) is 0 Å². The normalized spacial score (nSPS) is 12.1. The summed E-state index contributed by atoms with van der Waals surface area (Å²) in [5.41, 5.74) is 0. The highest BCUT2D eigenvalue weighted by Crippen LogP contribution is 2.17. The van der Waals surface area contributed by atoms with Gasteiger partial charge in [0, 0.05) is 19.3 Å². The van der Waals surface area contributed by atoms with Crippen molar-refractivity contribution in [2.24, 2.45) is 11.8 Å². The molecule has 0 aromatic carbocycles. The predicted octanol–water partition coefficient (Wildman–Crippen LogP) is 15.0. The third-order valence-corrected chi connectivity index (χ3v) is 10.7. The quantitative estimate of drug-likeness (QED) is 0.0350. The highest BCUT2D eigenvalue weighted by atomic mass is 16.6. The lowest BCUT2D eigenvalue weighted by atomic mass is 10.0. The fourth-order valence-corrected chi connectivity index (χ4v) is 7.11. The summed E-state index contributed by atoms with van der Waals surface area (Å²) < 4.78 is 16.7. The summed E-state index contributed by atoms with van der Waals surface area (Å²) in [6.07, 6.45) is 39.6. The van der Waals surface area contributed by atoms with Gasteiger partial charge in [-0.1, -0.05) is 221 Å². The molecule has 0 N–H and O–H groups in total. The highest BCUT2D eigenvalue weighted by molar-refractivity contribution is 5.71. The number of carbonyl (C=O) groups excluding carboxylic acids is 3. The molecule has 0 saturated heterocycles. The summed E-state index contributed by atoms with van der Waals surface area (Å²) in [7, 11) is 0. The molecule has 0 aliphatic rings. The van der Waals surface area contributed by atoms with E-state index in [9.17, 15) is 14.4 Å². The fraction of sp³-hybridized carbons (Fsp3) is 0.938. The molecule has 1 atom stereocenters. The molecule has 54 heavy (non-hydrogen) atoms. The van der Waals surface area contributed by atoms with Gasteiger partial charge in [-0.3, -0.25) is 14.4 Å². The second-order valence-electron chi connectivity index (χ2n) is 17.3. The molecule has 0 heterocycles. The Bertz CT molecular complexity index is 824. The lowest BCUT2D eigenvalue weighted by molar-refractivity contribution is -0.167. The van der Waals surface area contributed by atoms with E-state index in [2.05, 4.69) is 34.6 Å². The van der Waals surface area contributed by atoms with E-state index in [0.717, 1.165) is 69.6 Å². The van der Waals surface area contributed by atoms with E-state index >= 15 is 0 Å². The Morgan fingerprint density at radius 2 is 0.611 bits per heavy atom. The number of unbranched alkanes of at least 4 members (excludes halogenated alkanes) is 27. The van der Waals surface area contributed by atoms with E-state index < -0.39 is 6.10 Å². The van der Waals surface area contributed by atoms with Gasteiger partial charge >= 0.3 is 17.9 Å². The first kappa shape index (κ1) is 52.4.